The summed E-state index contributed by atoms with van der Waals surface area (Å²) in [5, 5.41) is 3.59. The van der Waals surface area contributed by atoms with Crippen molar-refractivity contribution in [2.45, 2.75) is 0 Å². The fourth-order valence-electron chi connectivity index (χ4n) is 5.79. The van der Waals surface area contributed by atoms with Crippen LogP contribution >= 0.6 is 0 Å². The molecule has 0 unspecified atom stereocenters. The second kappa shape index (κ2) is 9.07. The Bertz CT molecular complexity index is 2080. The SMILES string of the molecule is c1ccc(-c2cc(-c3ccccc3)nc(-n3c4ccccc4c4c5ccccc5n(-c5ccccc5)c43)n2)cc1. The minimum atomic E-state index is 0.645. The van der Waals surface area contributed by atoms with Gasteiger partial charge in [-0.15, -0.1) is 0 Å². The first-order valence-corrected chi connectivity index (χ1v) is 13.5. The van der Waals surface area contributed by atoms with Crippen LogP contribution in [0.1, 0.15) is 0 Å². The van der Waals surface area contributed by atoms with Crippen LogP contribution in [0.25, 0.3) is 67.0 Å². The molecule has 40 heavy (non-hydrogen) atoms. The van der Waals surface area contributed by atoms with Crippen LogP contribution in [0.3, 0.4) is 0 Å². The van der Waals surface area contributed by atoms with E-state index in [1.54, 1.807) is 0 Å². The summed E-state index contributed by atoms with van der Waals surface area (Å²) in [6.07, 6.45) is 0. The van der Waals surface area contributed by atoms with Gasteiger partial charge in [0.15, 0.2) is 0 Å². The minimum Gasteiger partial charge on any atom is -0.295 e. The molecule has 0 aliphatic heterocycles. The van der Waals surface area contributed by atoms with Gasteiger partial charge < -0.3 is 0 Å². The zero-order chi connectivity index (χ0) is 26.5. The molecule has 3 aromatic heterocycles. The van der Waals surface area contributed by atoms with Crippen molar-refractivity contribution < 1.29 is 0 Å². The molecule has 0 bridgehead atoms. The molecular formula is C36H24N4. The number of benzene rings is 5. The first-order valence-electron chi connectivity index (χ1n) is 13.5. The van der Waals surface area contributed by atoms with E-state index >= 15 is 0 Å². The monoisotopic (exact) mass is 512 g/mol. The smallest absolute Gasteiger partial charge is 0.236 e. The third kappa shape index (κ3) is 3.47. The van der Waals surface area contributed by atoms with Crippen LogP contribution in [-0.2, 0) is 0 Å². The molecule has 3 heterocycles. The van der Waals surface area contributed by atoms with Crippen molar-refractivity contribution in [3.8, 4) is 34.2 Å². The molecule has 8 rings (SSSR count). The lowest BCUT2D eigenvalue weighted by molar-refractivity contribution is 0.964. The standard InChI is InChI=1S/C36H24N4/c1-4-14-25(15-5-1)30-24-31(26-16-6-2-7-17-26)38-36(37-30)40-33-23-13-11-21-29(33)34-28-20-10-12-22-32(28)39(35(34)40)27-18-8-3-9-19-27/h1-24H. The molecule has 0 atom stereocenters. The Hall–Kier alpha value is -5.48. The maximum atomic E-state index is 5.22. The highest BCUT2D eigenvalue weighted by Gasteiger charge is 2.23. The maximum absolute atomic E-state index is 5.22. The topological polar surface area (TPSA) is 35.6 Å². The van der Waals surface area contributed by atoms with E-state index in [9.17, 15) is 0 Å². The van der Waals surface area contributed by atoms with Gasteiger partial charge in [-0.1, -0.05) is 115 Å². The van der Waals surface area contributed by atoms with E-state index in [1.807, 2.05) is 12.1 Å². The molecule has 0 saturated carbocycles. The molecule has 0 amide bonds. The molecule has 0 aliphatic carbocycles. The predicted octanol–water partition coefficient (Wildman–Crippen LogP) is 8.85. The van der Waals surface area contributed by atoms with Gasteiger partial charge in [0.2, 0.25) is 5.95 Å². The molecule has 0 saturated heterocycles. The summed E-state index contributed by atoms with van der Waals surface area (Å²) in [6.45, 7) is 0. The highest BCUT2D eigenvalue weighted by molar-refractivity contribution is 6.22. The summed E-state index contributed by atoms with van der Waals surface area (Å²) >= 11 is 0. The zero-order valence-electron chi connectivity index (χ0n) is 21.6. The molecule has 4 nitrogen and oxygen atoms in total. The second-order valence-electron chi connectivity index (χ2n) is 9.91. The molecular weight excluding hydrogens is 488 g/mol. The number of para-hydroxylation sites is 3. The predicted molar refractivity (Wildman–Crippen MR) is 164 cm³/mol. The number of rotatable bonds is 4. The van der Waals surface area contributed by atoms with E-state index in [0.717, 1.165) is 44.9 Å². The molecule has 0 spiro atoms. The molecule has 0 aliphatic rings. The van der Waals surface area contributed by atoms with Crippen LogP contribution in [0, 0.1) is 0 Å². The van der Waals surface area contributed by atoms with Crippen molar-refractivity contribution in [2.24, 2.45) is 0 Å². The van der Waals surface area contributed by atoms with E-state index in [4.69, 9.17) is 9.97 Å². The largest absolute Gasteiger partial charge is 0.295 e. The van der Waals surface area contributed by atoms with E-state index in [1.165, 1.54) is 16.2 Å². The van der Waals surface area contributed by atoms with Gasteiger partial charge in [0, 0.05) is 33.0 Å². The van der Waals surface area contributed by atoms with Crippen LogP contribution in [-0.4, -0.2) is 19.1 Å². The van der Waals surface area contributed by atoms with Crippen LogP contribution < -0.4 is 0 Å². The van der Waals surface area contributed by atoms with Crippen molar-refractivity contribution in [3.05, 3.63) is 146 Å². The summed E-state index contributed by atoms with van der Waals surface area (Å²) in [5.41, 5.74) is 8.26. The van der Waals surface area contributed by atoms with Crippen molar-refractivity contribution in [2.75, 3.05) is 0 Å². The Balaban J connectivity index is 1.54. The average Bonchev–Trinajstić information content (AvgIpc) is 3.55. The van der Waals surface area contributed by atoms with Crippen molar-refractivity contribution in [3.63, 3.8) is 0 Å². The van der Waals surface area contributed by atoms with Crippen LogP contribution in [0.5, 0.6) is 0 Å². The normalized spacial score (nSPS) is 11.5. The first kappa shape index (κ1) is 22.5. The van der Waals surface area contributed by atoms with Gasteiger partial charge >= 0.3 is 0 Å². The fourth-order valence-corrected chi connectivity index (χ4v) is 5.79. The Morgan fingerprint density at radius 1 is 0.425 bits per heavy atom. The lowest BCUT2D eigenvalue weighted by Gasteiger charge is -2.14. The number of hydrogen-bond donors (Lipinski definition) is 0. The van der Waals surface area contributed by atoms with E-state index in [0.29, 0.717) is 5.95 Å². The summed E-state index contributed by atoms with van der Waals surface area (Å²) in [5.74, 6) is 0.645. The van der Waals surface area contributed by atoms with Crippen molar-refractivity contribution in [1.29, 1.82) is 0 Å². The van der Waals surface area contributed by atoms with E-state index < -0.39 is 0 Å². The third-order valence-corrected chi connectivity index (χ3v) is 7.54. The first-order chi connectivity index (χ1) is 19.9. The molecule has 188 valence electrons. The van der Waals surface area contributed by atoms with E-state index in [2.05, 4.69) is 143 Å². The van der Waals surface area contributed by atoms with Gasteiger partial charge in [-0.25, -0.2) is 9.97 Å². The quantitative estimate of drug-likeness (QED) is 0.236. The summed E-state index contributed by atoms with van der Waals surface area (Å²) in [7, 11) is 0. The highest BCUT2D eigenvalue weighted by atomic mass is 15.2. The lowest BCUT2D eigenvalue weighted by Crippen LogP contribution is -2.07. The van der Waals surface area contributed by atoms with Gasteiger partial charge in [0.05, 0.1) is 22.4 Å². The number of aromatic nitrogens is 4. The molecule has 5 aromatic carbocycles. The van der Waals surface area contributed by atoms with Crippen LogP contribution in [0.4, 0.5) is 0 Å². The van der Waals surface area contributed by atoms with Crippen molar-refractivity contribution >= 4 is 32.8 Å². The lowest BCUT2D eigenvalue weighted by atomic mass is 10.1. The molecule has 8 aromatic rings. The number of fused-ring (bicyclic) bond motifs is 5. The molecule has 0 N–H and O–H groups in total. The van der Waals surface area contributed by atoms with Crippen LogP contribution in [0.15, 0.2) is 146 Å². The van der Waals surface area contributed by atoms with Crippen LogP contribution in [0.2, 0.25) is 0 Å². The average molecular weight is 513 g/mol. The van der Waals surface area contributed by atoms with Gasteiger partial charge in [-0.3, -0.25) is 9.13 Å². The maximum Gasteiger partial charge on any atom is 0.236 e. The Labute approximate surface area is 231 Å². The summed E-state index contributed by atoms with van der Waals surface area (Å²) in [6, 6.07) is 50.5. The highest BCUT2D eigenvalue weighted by Crippen LogP contribution is 2.40. The summed E-state index contributed by atoms with van der Waals surface area (Å²) < 4.78 is 4.57. The summed E-state index contributed by atoms with van der Waals surface area (Å²) in [4.78, 5) is 10.4. The Kier molecular flexibility index (Phi) is 5.10. The third-order valence-electron chi connectivity index (χ3n) is 7.54. The Morgan fingerprint density at radius 3 is 1.43 bits per heavy atom. The van der Waals surface area contributed by atoms with Gasteiger partial charge in [-0.2, -0.15) is 0 Å². The zero-order valence-corrected chi connectivity index (χ0v) is 21.6. The number of hydrogen-bond acceptors (Lipinski definition) is 2. The van der Waals surface area contributed by atoms with Gasteiger partial charge in [0.25, 0.3) is 0 Å². The van der Waals surface area contributed by atoms with Gasteiger partial charge in [-0.05, 0) is 30.3 Å². The van der Waals surface area contributed by atoms with Crippen molar-refractivity contribution in [1.82, 2.24) is 19.1 Å². The minimum absolute atomic E-state index is 0.645. The molecule has 0 radical (unpaired) electrons. The second-order valence-corrected chi connectivity index (χ2v) is 9.91. The van der Waals surface area contributed by atoms with Gasteiger partial charge in [0.1, 0.15) is 5.65 Å². The Morgan fingerprint density at radius 2 is 0.875 bits per heavy atom. The molecule has 0 fully saturated rings. The fraction of sp³-hybridized carbons (Fsp3) is 0. The molecule has 4 heteroatoms. The van der Waals surface area contributed by atoms with E-state index in [-0.39, 0.29) is 0 Å². The number of nitrogens with zero attached hydrogens (tertiary/aromatic N) is 4.